The maximum absolute atomic E-state index is 13.8. The fraction of sp³-hybridized carbons (Fsp3) is 0.375. The molecule has 4 heterocycles. The Hall–Kier alpha value is -2.70. The van der Waals surface area contributed by atoms with Crippen LogP contribution >= 0.6 is 11.6 Å². The topological polar surface area (TPSA) is 69.7 Å². The van der Waals surface area contributed by atoms with E-state index in [0.29, 0.717) is 17.3 Å². The fourth-order valence-corrected chi connectivity index (χ4v) is 6.49. The normalized spacial score (nSPS) is 31.4. The van der Waals surface area contributed by atoms with E-state index in [0.717, 1.165) is 35.2 Å². The number of hydrogen-bond acceptors (Lipinski definition) is 4. The van der Waals surface area contributed by atoms with E-state index in [1.165, 1.54) is 4.90 Å². The summed E-state index contributed by atoms with van der Waals surface area (Å²) in [6, 6.07) is 10.6. The molecule has 2 aromatic carbocycles. The van der Waals surface area contributed by atoms with Crippen LogP contribution in [0.25, 0.3) is 0 Å². The quantitative estimate of drug-likeness (QED) is 0.697. The summed E-state index contributed by atoms with van der Waals surface area (Å²) in [6.45, 7) is 4.71. The molecule has 1 N–H and O–H groups in total. The molecule has 0 radical (unpaired) electrons. The van der Waals surface area contributed by atoms with Crippen molar-refractivity contribution in [2.45, 2.75) is 38.3 Å². The number of benzene rings is 2. The first-order chi connectivity index (χ1) is 14.9. The smallest absolute Gasteiger partial charge is 0.250 e. The first kappa shape index (κ1) is 19.0. The van der Waals surface area contributed by atoms with E-state index in [4.69, 9.17) is 11.6 Å². The zero-order chi connectivity index (χ0) is 21.7. The molecule has 4 aliphatic rings. The van der Waals surface area contributed by atoms with Crippen molar-refractivity contribution in [3.8, 4) is 0 Å². The average molecular weight is 436 g/mol. The van der Waals surface area contributed by atoms with Crippen LogP contribution in [0.3, 0.4) is 0 Å². The number of fused-ring (bicyclic) bond motifs is 7. The van der Waals surface area contributed by atoms with Gasteiger partial charge in [0, 0.05) is 22.3 Å². The zero-order valence-corrected chi connectivity index (χ0v) is 18.1. The summed E-state index contributed by atoms with van der Waals surface area (Å²) in [6.07, 6.45) is 1.72. The number of amides is 3. The molecule has 1 spiro atoms. The average Bonchev–Trinajstić information content (AvgIpc) is 3.45. The summed E-state index contributed by atoms with van der Waals surface area (Å²) in [5.41, 5.74) is 3.09. The Bertz CT molecular complexity index is 1180. The zero-order valence-electron chi connectivity index (χ0n) is 17.3. The van der Waals surface area contributed by atoms with Crippen LogP contribution in [0.4, 0.5) is 11.4 Å². The number of rotatable bonds is 1. The highest BCUT2D eigenvalue weighted by molar-refractivity contribution is 6.31. The molecule has 0 aromatic heterocycles. The molecule has 158 valence electrons. The predicted molar refractivity (Wildman–Crippen MR) is 117 cm³/mol. The molecule has 6 nitrogen and oxygen atoms in total. The summed E-state index contributed by atoms with van der Waals surface area (Å²) in [5, 5.41) is 3.62. The van der Waals surface area contributed by atoms with Gasteiger partial charge in [-0.1, -0.05) is 23.7 Å². The number of nitrogens with one attached hydrogen (secondary N) is 1. The van der Waals surface area contributed by atoms with Crippen LogP contribution in [0, 0.1) is 25.7 Å². The van der Waals surface area contributed by atoms with Crippen molar-refractivity contribution in [2.24, 2.45) is 11.8 Å². The lowest BCUT2D eigenvalue weighted by Gasteiger charge is -2.36. The van der Waals surface area contributed by atoms with Crippen molar-refractivity contribution in [3.05, 3.63) is 58.1 Å². The second-order valence-electron chi connectivity index (χ2n) is 9.05. The van der Waals surface area contributed by atoms with Gasteiger partial charge in [0.1, 0.15) is 5.54 Å². The Morgan fingerprint density at radius 2 is 1.77 bits per heavy atom. The van der Waals surface area contributed by atoms with Crippen LogP contribution in [-0.4, -0.2) is 35.2 Å². The predicted octanol–water partition coefficient (Wildman–Crippen LogP) is 3.39. The molecule has 7 heteroatoms. The van der Waals surface area contributed by atoms with Crippen molar-refractivity contribution >= 4 is 40.7 Å². The number of aryl methyl sites for hydroxylation is 1. The summed E-state index contributed by atoms with van der Waals surface area (Å²) >= 11 is 6.01. The van der Waals surface area contributed by atoms with E-state index < -0.39 is 17.4 Å². The highest BCUT2D eigenvalue weighted by Crippen LogP contribution is 2.61. The molecule has 31 heavy (non-hydrogen) atoms. The minimum Gasteiger partial charge on any atom is -0.324 e. The Kier molecular flexibility index (Phi) is 3.79. The number of hydrogen-bond donors (Lipinski definition) is 1. The van der Waals surface area contributed by atoms with E-state index in [-0.39, 0.29) is 23.8 Å². The Labute approximate surface area is 185 Å². The van der Waals surface area contributed by atoms with Gasteiger partial charge in [-0.3, -0.25) is 19.3 Å². The number of carbonyl (C=O) groups is 3. The van der Waals surface area contributed by atoms with Crippen LogP contribution in [0.15, 0.2) is 36.4 Å². The maximum atomic E-state index is 13.8. The second kappa shape index (κ2) is 6.17. The van der Waals surface area contributed by atoms with E-state index in [1.54, 1.807) is 24.3 Å². The lowest BCUT2D eigenvalue weighted by Crippen LogP contribution is -2.54. The highest BCUT2D eigenvalue weighted by Gasteiger charge is 2.74. The SMILES string of the molecule is Cc1ccc2c(c1C)NC(=O)[C@@]21[C@@H]2C(=O)N(c3ccc(Cl)cc3)C(=O)[C@H]2[C@@H]2CCCN21. The van der Waals surface area contributed by atoms with Crippen molar-refractivity contribution in [2.75, 3.05) is 16.8 Å². The maximum Gasteiger partial charge on any atom is 0.250 e. The van der Waals surface area contributed by atoms with Crippen molar-refractivity contribution in [1.29, 1.82) is 0 Å². The molecule has 3 fully saturated rings. The lowest BCUT2D eigenvalue weighted by molar-refractivity contribution is -0.135. The number of imide groups is 1. The Balaban J connectivity index is 1.56. The molecule has 0 bridgehead atoms. The van der Waals surface area contributed by atoms with Gasteiger partial charge in [-0.25, -0.2) is 4.90 Å². The lowest BCUT2D eigenvalue weighted by atomic mass is 9.75. The molecular formula is C24H22ClN3O3. The number of carbonyl (C=O) groups excluding carboxylic acids is 3. The van der Waals surface area contributed by atoms with E-state index in [2.05, 4.69) is 10.2 Å². The monoisotopic (exact) mass is 435 g/mol. The first-order valence-electron chi connectivity index (χ1n) is 10.7. The molecule has 3 saturated heterocycles. The minimum absolute atomic E-state index is 0.114. The Morgan fingerprint density at radius 3 is 2.52 bits per heavy atom. The standard InChI is InChI=1S/C24H22ClN3O3/c1-12-5-10-16-20(13(12)2)26-23(31)24(16)19-18(17-4-3-11-27(17)24)21(29)28(22(19)30)15-8-6-14(25)7-9-15/h5-10,17-19H,3-4,11H2,1-2H3,(H,26,31)/t17-,18-,19-,24-/m0/s1. The van der Waals surface area contributed by atoms with Gasteiger partial charge < -0.3 is 5.32 Å². The number of nitrogens with zero attached hydrogens (tertiary/aromatic N) is 2. The summed E-state index contributed by atoms with van der Waals surface area (Å²) in [4.78, 5) is 44.6. The van der Waals surface area contributed by atoms with Gasteiger partial charge in [-0.15, -0.1) is 0 Å². The molecular weight excluding hydrogens is 414 g/mol. The van der Waals surface area contributed by atoms with E-state index >= 15 is 0 Å². The van der Waals surface area contributed by atoms with Crippen molar-refractivity contribution in [1.82, 2.24) is 4.90 Å². The van der Waals surface area contributed by atoms with Crippen molar-refractivity contribution < 1.29 is 14.4 Å². The van der Waals surface area contributed by atoms with Crippen LogP contribution in [0.5, 0.6) is 0 Å². The summed E-state index contributed by atoms with van der Waals surface area (Å²) < 4.78 is 0. The first-order valence-corrected chi connectivity index (χ1v) is 11.1. The fourth-order valence-electron chi connectivity index (χ4n) is 6.36. The van der Waals surface area contributed by atoms with Gasteiger partial charge in [0.2, 0.25) is 17.7 Å². The van der Waals surface area contributed by atoms with Gasteiger partial charge in [0.25, 0.3) is 0 Å². The van der Waals surface area contributed by atoms with Crippen LogP contribution in [0.2, 0.25) is 5.02 Å². The third-order valence-corrected chi connectivity index (χ3v) is 8.04. The number of halogens is 1. The van der Waals surface area contributed by atoms with Crippen molar-refractivity contribution in [3.63, 3.8) is 0 Å². The number of anilines is 2. The van der Waals surface area contributed by atoms with Crippen LogP contribution in [0.1, 0.15) is 29.5 Å². The highest BCUT2D eigenvalue weighted by atomic mass is 35.5. The summed E-state index contributed by atoms with van der Waals surface area (Å²) in [7, 11) is 0. The van der Waals surface area contributed by atoms with Gasteiger partial charge in [0.05, 0.1) is 17.5 Å². The third-order valence-electron chi connectivity index (χ3n) is 7.78. The molecule has 6 rings (SSSR count). The van der Waals surface area contributed by atoms with Crippen LogP contribution in [-0.2, 0) is 19.9 Å². The largest absolute Gasteiger partial charge is 0.324 e. The molecule has 4 atom stereocenters. The molecule has 4 aliphatic heterocycles. The third kappa shape index (κ3) is 2.14. The molecule has 2 aromatic rings. The van der Waals surface area contributed by atoms with E-state index in [9.17, 15) is 14.4 Å². The van der Waals surface area contributed by atoms with Gasteiger partial charge >= 0.3 is 0 Å². The second-order valence-corrected chi connectivity index (χ2v) is 9.48. The molecule has 0 aliphatic carbocycles. The molecule has 0 saturated carbocycles. The van der Waals surface area contributed by atoms with Gasteiger partial charge in [-0.2, -0.15) is 0 Å². The molecule has 0 unspecified atom stereocenters. The summed E-state index contributed by atoms with van der Waals surface area (Å²) in [5.74, 6) is -1.95. The van der Waals surface area contributed by atoms with E-state index in [1.807, 2.05) is 26.0 Å². The van der Waals surface area contributed by atoms with Gasteiger partial charge in [-0.05, 0) is 68.6 Å². The van der Waals surface area contributed by atoms with Crippen LogP contribution < -0.4 is 10.2 Å². The molecule has 3 amide bonds. The van der Waals surface area contributed by atoms with Gasteiger partial charge in [0.15, 0.2) is 0 Å². The Morgan fingerprint density at radius 1 is 1.03 bits per heavy atom. The minimum atomic E-state index is -1.13.